The highest BCUT2D eigenvalue weighted by Gasteiger charge is 2.23. The van der Waals surface area contributed by atoms with Crippen LogP contribution in [-0.4, -0.2) is 36.0 Å². The van der Waals surface area contributed by atoms with Crippen LogP contribution in [0.3, 0.4) is 0 Å². The Morgan fingerprint density at radius 1 is 0.938 bits per heavy atom. The Bertz CT molecular complexity index is 1620. The summed E-state index contributed by atoms with van der Waals surface area (Å²) in [4.78, 5) is 26.9. The van der Waals surface area contributed by atoms with E-state index in [0.717, 1.165) is 29.0 Å². The number of anilines is 3. The Morgan fingerprint density at radius 2 is 1.56 bits per heavy atom. The van der Waals surface area contributed by atoms with Gasteiger partial charge in [-0.1, -0.05) is 104 Å². The normalized spacial score (nSPS) is 13.6. The first-order valence-corrected chi connectivity index (χ1v) is 17.7. The third kappa shape index (κ3) is 11.0. The van der Waals surface area contributed by atoms with Crippen LogP contribution in [0.4, 0.5) is 17.1 Å². The smallest absolute Gasteiger partial charge is 0.338 e. The van der Waals surface area contributed by atoms with Gasteiger partial charge in [-0.15, -0.1) is 0 Å². The van der Waals surface area contributed by atoms with Gasteiger partial charge < -0.3 is 20.5 Å². The minimum absolute atomic E-state index is 0.0666. The van der Waals surface area contributed by atoms with Gasteiger partial charge in [0.25, 0.3) is 0 Å². The molecule has 1 saturated carbocycles. The summed E-state index contributed by atoms with van der Waals surface area (Å²) in [6.45, 7) is 5.05. The first kappa shape index (κ1) is 37.3. The van der Waals surface area contributed by atoms with Gasteiger partial charge in [-0.05, 0) is 82.8 Å². The molecule has 4 aromatic rings. The second-order valence-corrected chi connectivity index (χ2v) is 13.2. The fraction of sp³-hybridized carbons (Fsp3) is 0.316. The summed E-state index contributed by atoms with van der Waals surface area (Å²) in [5.41, 5.74) is 10.8. The molecule has 0 saturated heterocycles. The van der Waals surface area contributed by atoms with Gasteiger partial charge in [-0.25, -0.2) is 4.79 Å². The van der Waals surface area contributed by atoms with Crippen molar-refractivity contribution >= 4 is 68.1 Å². The predicted molar refractivity (Wildman–Crippen MR) is 199 cm³/mol. The maximum atomic E-state index is 12.9. The lowest BCUT2D eigenvalue weighted by atomic mass is 9.93. The van der Waals surface area contributed by atoms with Crippen molar-refractivity contribution in [2.24, 2.45) is 0 Å². The van der Waals surface area contributed by atoms with Crippen molar-refractivity contribution in [3.63, 3.8) is 0 Å². The SMILES string of the molecule is CCN(Cc1cc(C(=O)OCC(OC(C)=O)c2ccccc2)cc(Br)c1N)C1CCCCC1.Clc1cccc(Cl)c1Nc1ccccc1. The Hall–Kier alpha value is -3.56. The lowest BCUT2D eigenvalue weighted by Crippen LogP contribution is -2.36. The quantitative estimate of drug-likeness (QED) is 0.116. The maximum absolute atomic E-state index is 12.9. The van der Waals surface area contributed by atoms with Crippen LogP contribution in [0.25, 0.3) is 0 Å². The van der Waals surface area contributed by atoms with Crippen LogP contribution in [0.5, 0.6) is 0 Å². The van der Waals surface area contributed by atoms with Gasteiger partial charge in [0.2, 0.25) is 0 Å². The number of nitrogen functional groups attached to an aromatic ring is 1. The van der Waals surface area contributed by atoms with E-state index in [-0.39, 0.29) is 6.61 Å². The molecule has 1 aliphatic carbocycles. The number of halogens is 3. The monoisotopic (exact) mass is 753 g/mol. The summed E-state index contributed by atoms with van der Waals surface area (Å²) in [5, 5.41) is 4.41. The average Bonchev–Trinajstić information content (AvgIpc) is 3.10. The molecule has 7 nitrogen and oxygen atoms in total. The highest BCUT2D eigenvalue weighted by molar-refractivity contribution is 9.10. The van der Waals surface area contributed by atoms with E-state index in [1.807, 2.05) is 72.8 Å². The van der Waals surface area contributed by atoms with Gasteiger partial charge in [0.15, 0.2) is 6.10 Å². The summed E-state index contributed by atoms with van der Waals surface area (Å²) in [6, 6.07) is 28.5. The molecule has 0 aromatic heterocycles. The third-order valence-corrected chi connectivity index (χ3v) is 9.46. The first-order valence-electron chi connectivity index (χ1n) is 16.1. The second-order valence-electron chi connectivity index (χ2n) is 11.6. The summed E-state index contributed by atoms with van der Waals surface area (Å²) >= 11 is 15.6. The predicted octanol–water partition coefficient (Wildman–Crippen LogP) is 10.4. The molecule has 3 N–H and O–H groups in total. The van der Waals surface area contributed by atoms with Crippen LogP contribution in [0.15, 0.2) is 95.5 Å². The third-order valence-electron chi connectivity index (χ3n) is 8.17. The van der Waals surface area contributed by atoms with Gasteiger partial charge >= 0.3 is 11.9 Å². The largest absolute Gasteiger partial charge is 0.458 e. The van der Waals surface area contributed by atoms with Crippen molar-refractivity contribution in [3.8, 4) is 0 Å². The Kier molecular flexibility index (Phi) is 14.6. The molecule has 0 radical (unpaired) electrons. The van der Waals surface area contributed by atoms with Crippen molar-refractivity contribution in [2.45, 2.75) is 64.6 Å². The van der Waals surface area contributed by atoms with E-state index in [1.165, 1.54) is 39.0 Å². The van der Waals surface area contributed by atoms with Gasteiger partial charge in [0.05, 0.1) is 27.0 Å². The number of ether oxygens (including phenoxy) is 2. The van der Waals surface area contributed by atoms with Crippen molar-refractivity contribution < 1.29 is 19.1 Å². The lowest BCUT2D eigenvalue weighted by Gasteiger charge is -2.34. The zero-order chi connectivity index (χ0) is 34.5. The Balaban J connectivity index is 0.000000287. The van der Waals surface area contributed by atoms with Crippen LogP contribution >= 0.6 is 39.1 Å². The van der Waals surface area contributed by atoms with E-state index in [2.05, 4.69) is 33.1 Å². The number of nitrogens with one attached hydrogen (secondary N) is 1. The molecule has 1 fully saturated rings. The number of esters is 2. The van der Waals surface area contributed by atoms with E-state index in [1.54, 1.807) is 18.2 Å². The maximum Gasteiger partial charge on any atom is 0.338 e. The number of benzene rings is 4. The summed E-state index contributed by atoms with van der Waals surface area (Å²) in [6.07, 6.45) is 5.57. The van der Waals surface area contributed by atoms with Gasteiger partial charge in [-0.2, -0.15) is 0 Å². The van der Waals surface area contributed by atoms with Gasteiger partial charge in [0.1, 0.15) is 6.61 Å². The summed E-state index contributed by atoms with van der Waals surface area (Å²) < 4.78 is 11.6. The molecule has 4 aromatic carbocycles. The zero-order valence-corrected chi connectivity index (χ0v) is 30.4. The molecular formula is C38H42BrCl2N3O4. The summed E-state index contributed by atoms with van der Waals surface area (Å²) in [7, 11) is 0. The van der Waals surface area contributed by atoms with Gasteiger partial charge in [0, 0.05) is 29.7 Å². The standard InChI is InChI=1S/C26H33BrN2O4.C12H9Cl2N/c1-3-29(22-12-8-5-9-13-22)16-21-14-20(15-23(27)25(21)28)26(31)32-17-24(33-18(2)30)19-10-6-4-7-11-19;13-10-7-4-8-11(14)12(10)15-9-5-2-1-3-6-9/h4,6-7,10-11,14-15,22,24H,3,5,8-9,12-13,16-17,28H2,1-2H3;1-8,15H. The molecule has 0 spiro atoms. The van der Waals surface area contributed by atoms with Crippen LogP contribution in [0.2, 0.25) is 10.0 Å². The minimum Gasteiger partial charge on any atom is -0.458 e. The molecule has 1 aliphatic rings. The molecule has 0 amide bonds. The van der Waals surface area contributed by atoms with E-state index in [0.29, 0.717) is 38.4 Å². The molecule has 10 heteroatoms. The Labute approximate surface area is 301 Å². The number of hydrogen-bond donors (Lipinski definition) is 2. The number of rotatable bonds is 11. The molecule has 0 bridgehead atoms. The molecular weight excluding hydrogens is 713 g/mol. The van der Waals surface area contributed by atoms with E-state index < -0.39 is 18.0 Å². The number of para-hydroxylation sites is 2. The molecule has 48 heavy (non-hydrogen) atoms. The number of hydrogen-bond acceptors (Lipinski definition) is 7. The lowest BCUT2D eigenvalue weighted by molar-refractivity contribution is -0.149. The number of nitrogens with zero attached hydrogens (tertiary/aromatic N) is 1. The van der Waals surface area contributed by atoms with Gasteiger partial charge in [-0.3, -0.25) is 9.69 Å². The molecule has 1 atom stereocenters. The van der Waals surface area contributed by atoms with Crippen LogP contribution in [0.1, 0.15) is 73.5 Å². The molecule has 5 rings (SSSR count). The number of nitrogens with two attached hydrogens (primary N) is 1. The topological polar surface area (TPSA) is 93.9 Å². The minimum atomic E-state index is -0.661. The number of carbonyl (C=O) groups is 2. The van der Waals surface area contributed by atoms with Crippen molar-refractivity contribution in [3.05, 3.63) is 122 Å². The average molecular weight is 756 g/mol. The fourth-order valence-electron chi connectivity index (χ4n) is 5.67. The zero-order valence-electron chi connectivity index (χ0n) is 27.3. The highest BCUT2D eigenvalue weighted by atomic mass is 79.9. The summed E-state index contributed by atoms with van der Waals surface area (Å²) in [5.74, 6) is -0.912. The molecule has 0 aliphatic heterocycles. The van der Waals surface area contributed by atoms with Crippen LogP contribution < -0.4 is 11.1 Å². The van der Waals surface area contributed by atoms with Crippen LogP contribution in [0, 0.1) is 0 Å². The van der Waals surface area contributed by atoms with Crippen molar-refractivity contribution in [1.82, 2.24) is 4.90 Å². The molecule has 0 heterocycles. The van der Waals surface area contributed by atoms with E-state index in [9.17, 15) is 9.59 Å². The van der Waals surface area contributed by atoms with Crippen molar-refractivity contribution in [1.29, 1.82) is 0 Å². The molecule has 1 unspecified atom stereocenters. The van der Waals surface area contributed by atoms with Crippen molar-refractivity contribution in [2.75, 3.05) is 24.2 Å². The highest BCUT2D eigenvalue weighted by Crippen LogP contribution is 2.33. The number of carbonyl (C=O) groups excluding carboxylic acids is 2. The fourth-order valence-corrected chi connectivity index (χ4v) is 6.66. The molecule has 254 valence electrons. The van der Waals surface area contributed by atoms with Crippen LogP contribution in [-0.2, 0) is 20.8 Å². The second kappa shape index (κ2) is 18.8. The Morgan fingerprint density at radius 3 is 2.17 bits per heavy atom. The van der Waals surface area contributed by atoms with E-state index in [4.69, 9.17) is 38.4 Å². The van der Waals surface area contributed by atoms with E-state index >= 15 is 0 Å². The first-order chi connectivity index (χ1) is 23.2.